The number of nitrogens with one attached hydrogen (secondary N) is 1. The number of rotatable bonds is 8. The van der Waals surface area contributed by atoms with Crippen molar-refractivity contribution in [3.63, 3.8) is 0 Å². The van der Waals surface area contributed by atoms with Crippen molar-refractivity contribution >= 4 is 26.9 Å². The lowest BCUT2D eigenvalue weighted by Gasteiger charge is -2.07. The van der Waals surface area contributed by atoms with Crippen molar-refractivity contribution in [2.45, 2.75) is 17.2 Å². The Morgan fingerprint density at radius 1 is 1.44 bits per heavy atom. The maximum absolute atomic E-state index is 12.6. The first kappa shape index (κ1) is 18.7. The standard InChI is InChI=1S/C13H14F2N4O5S/c1-24-5-4-18-8-9(7-16-18)17-11-3-2-10(6-12(11)19(20)21)25(22,23)13(14)15/h2-3,6-8,13,17H,4-5H2,1H3. The molecule has 0 aliphatic heterocycles. The van der Waals surface area contributed by atoms with E-state index < -0.39 is 31.1 Å². The number of nitro groups is 1. The van der Waals surface area contributed by atoms with Crippen LogP contribution in [-0.4, -0.2) is 42.6 Å². The first-order valence-corrected chi connectivity index (χ1v) is 8.39. The molecule has 0 fully saturated rings. The second kappa shape index (κ2) is 7.53. The van der Waals surface area contributed by atoms with Crippen LogP contribution in [0.4, 0.5) is 25.8 Å². The minimum Gasteiger partial charge on any atom is -0.383 e. The second-order valence-electron chi connectivity index (χ2n) is 4.85. The van der Waals surface area contributed by atoms with Crippen LogP contribution in [0.2, 0.25) is 0 Å². The highest BCUT2D eigenvalue weighted by molar-refractivity contribution is 7.91. The van der Waals surface area contributed by atoms with Gasteiger partial charge in [-0.05, 0) is 12.1 Å². The number of sulfone groups is 1. The zero-order valence-corrected chi connectivity index (χ0v) is 13.7. The maximum atomic E-state index is 12.6. The Kier molecular flexibility index (Phi) is 5.64. The van der Waals surface area contributed by atoms with Crippen molar-refractivity contribution in [2.24, 2.45) is 0 Å². The van der Waals surface area contributed by atoms with Gasteiger partial charge in [0.1, 0.15) is 5.69 Å². The number of nitro benzene ring substituents is 1. The Bertz CT molecular complexity index is 869. The molecule has 25 heavy (non-hydrogen) atoms. The van der Waals surface area contributed by atoms with Crippen molar-refractivity contribution < 1.29 is 26.9 Å². The third-order valence-corrected chi connectivity index (χ3v) is 4.55. The van der Waals surface area contributed by atoms with E-state index in [1.54, 1.807) is 6.20 Å². The topological polar surface area (TPSA) is 116 Å². The largest absolute Gasteiger partial charge is 0.383 e. The lowest BCUT2D eigenvalue weighted by atomic mass is 10.2. The molecule has 0 atom stereocenters. The molecule has 0 saturated heterocycles. The third kappa shape index (κ3) is 4.28. The van der Waals surface area contributed by atoms with Crippen LogP contribution in [0.3, 0.4) is 0 Å². The highest BCUT2D eigenvalue weighted by atomic mass is 32.2. The van der Waals surface area contributed by atoms with E-state index in [4.69, 9.17) is 4.74 Å². The number of aromatic nitrogens is 2. The summed E-state index contributed by atoms with van der Waals surface area (Å²) in [5.41, 5.74) is -0.292. The number of ether oxygens (including phenoxy) is 1. The zero-order valence-electron chi connectivity index (χ0n) is 12.9. The molecule has 9 nitrogen and oxygen atoms in total. The minimum absolute atomic E-state index is 0.0514. The summed E-state index contributed by atoms with van der Waals surface area (Å²) in [7, 11) is -3.40. The van der Waals surface area contributed by atoms with Crippen LogP contribution in [0, 0.1) is 10.1 Å². The lowest BCUT2D eigenvalue weighted by molar-refractivity contribution is -0.384. The highest BCUT2D eigenvalue weighted by Gasteiger charge is 2.29. The lowest BCUT2D eigenvalue weighted by Crippen LogP contribution is -2.12. The average Bonchev–Trinajstić information content (AvgIpc) is 3.00. The SMILES string of the molecule is COCCn1cc(Nc2ccc(S(=O)(=O)C(F)F)cc2[N+](=O)[O-])cn1. The average molecular weight is 376 g/mol. The fourth-order valence-corrected chi connectivity index (χ4v) is 2.68. The van der Waals surface area contributed by atoms with Crippen molar-refractivity contribution in [3.8, 4) is 0 Å². The van der Waals surface area contributed by atoms with Gasteiger partial charge in [0.2, 0.25) is 9.84 Å². The Labute approximate surface area is 141 Å². The first-order valence-electron chi connectivity index (χ1n) is 6.84. The maximum Gasteiger partial charge on any atom is 0.341 e. The van der Waals surface area contributed by atoms with E-state index in [0.717, 1.165) is 12.1 Å². The van der Waals surface area contributed by atoms with Gasteiger partial charge in [0, 0.05) is 19.4 Å². The van der Waals surface area contributed by atoms with Crippen LogP contribution in [0.15, 0.2) is 35.5 Å². The molecule has 1 N–H and O–H groups in total. The normalized spacial score (nSPS) is 11.7. The third-order valence-electron chi connectivity index (χ3n) is 3.17. The van der Waals surface area contributed by atoms with Gasteiger partial charge in [-0.1, -0.05) is 0 Å². The molecule has 0 amide bonds. The van der Waals surface area contributed by atoms with Gasteiger partial charge < -0.3 is 10.1 Å². The molecule has 1 aromatic carbocycles. The molecule has 0 spiro atoms. The first-order chi connectivity index (χ1) is 11.8. The van der Waals surface area contributed by atoms with Gasteiger partial charge in [-0.3, -0.25) is 14.8 Å². The van der Waals surface area contributed by atoms with Gasteiger partial charge in [-0.2, -0.15) is 13.9 Å². The fourth-order valence-electron chi connectivity index (χ4n) is 1.94. The predicted molar refractivity (Wildman–Crippen MR) is 83.7 cm³/mol. The quantitative estimate of drug-likeness (QED) is 0.554. The van der Waals surface area contributed by atoms with Crippen LogP contribution in [0.1, 0.15) is 0 Å². The molecule has 2 aromatic rings. The minimum atomic E-state index is -4.92. The summed E-state index contributed by atoms with van der Waals surface area (Å²) < 4.78 is 54.5. The predicted octanol–water partition coefficient (Wildman–Crippen LogP) is 2.18. The summed E-state index contributed by atoms with van der Waals surface area (Å²) >= 11 is 0. The van der Waals surface area contributed by atoms with Crippen molar-refractivity contribution in [1.29, 1.82) is 0 Å². The van der Waals surface area contributed by atoms with Crippen LogP contribution >= 0.6 is 0 Å². The Balaban J connectivity index is 2.32. The van der Waals surface area contributed by atoms with Crippen LogP contribution in [0.5, 0.6) is 0 Å². The van der Waals surface area contributed by atoms with E-state index in [1.165, 1.54) is 18.0 Å². The number of halogens is 2. The summed E-state index contributed by atoms with van der Waals surface area (Å²) in [5, 5.41) is 17.9. The Morgan fingerprint density at radius 2 is 2.16 bits per heavy atom. The monoisotopic (exact) mass is 376 g/mol. The van der Waals surface area contributed by atoms with Gasteiger partial charge in [-0.15, -0.1) is 0 Å². The number of alkyl halides is 2. The van der Waals surface area contributed by atoms with Gasteiger partial charge in [0.15, 0.2) is 0 Å². The van der Waals surface area contributed by atoms with Crippen LogP contribution in [0.25, 0.3) is 0 Å². The molecular formula is C13H14F2N4O5S. The van der Waals surface area contributed by atoms with E-state index in [2.05, 4.69) is 10.4 Å². The molecular weight excluding hydrogens is 362 g/mol. The van der Waals surface area contributed by atoms with Crippen molar-refractivity contribution in [2.75, 3.05) is 19.0 Å². The molecule has 136 valence electrons. The molecule has 12 heteroatoms. The molecule has 0 bridgehead atoms. The van der Waals surface area contributed by atoms with Gasteiger partial charge >= 0.3 is 5.76 Å². The number of hydrogen-bond acceptors (Lipinski definition) is 7. The highest BCUT2D eigenvalue weighted by Crippen LogP contribution is 2.31. The summed E-state index contributed by atoms with van der Waals surface area (Å²) in [5.74, 6) is -3.66. The molecule has 0 saturated carbocycles. The fraction of sp³-hybridized carbons (Fsp3) is 0.308. The molecule has 2 rings (SSSR count). The molecule has 0 radical (unpaired) electrons. The Hall–Kier alpha value is -2.60. The Morgan fingerprint density at radius 3 is 2.76 bits per heavy atom. The molecule has 1 heterocycles. The van der Waals surface area contributed by atoms with Gasteiger partial charge in [0.25, 0.3) is 5.69 Å². The van der Waals surface area contributed by atoms with Crippen molar-refractivity contribution in [1.82, 2.24) is 9.78 Å². The second-order valence-corrected chi connectivity index (χ2v) is 6.77. The summed E-state index contributed by atoms with van der Waals surface area (Å²) in [4.78, 5) is 9.47. The van der Waals surface area contributed by atoms with Gasteiger partial charge in [-0.25, -0.2) is 8.42 Å². The van der Waals surface area contributed by atoms with E-state index in [-0.39, 0.29) is 5.69 Å². The number of hydrogen-bond donors (Lipinski definition) is 1. The summed E-state index contributed by atoms with van der Waals surface area (Å²) in [6.07, 6.45) is 2.97. The van der Waals surface area contributed by atoms with E-state index in [0.29, 0.717) is 24.9 Å². The smallest absolute Gasteiger partial charge is 0.341 e. The van der Waals surface area contributed by atoms with E-state index >= 15 is 0 Å². The van der Waals surface area contributed by atoms with Crippen molar-refractivity contribution in [3.05, 3.63) is 40.7 Å². The number of anilines is 2. The summed E-state index contributed by atoms with van der Waals surface area (Å²) in [6, 6.07) is 2.53. The molecule has 0 aliphatic rings. The van der Waals surface area contributed by atoms with Gasteiger partial charge in [0.05, 0.1) is 34.9 Å². The molecule has 0 unspecified atom stereocenters. The molecule has 0 aliphatic carbocycles. The summed E-state index contributed by atoms with van der Waals surface area (Å²) in [6.45, 7) is 0.882. The van der Waals surface area contributed by atoms with Crippen LogP contribution in [-0.2, 0) is 21.1 Å². The number of benzene rings is 1. The zero-order chi connectivity index (χ0) is 18.6. The number of nitrogens with zero attached hydrogens (tertiary/aromatic N) is 3. The number of methoxy groups -OCH3 is 1. The van der Waals surface area contributed by atoms with E-state index in [1.807, 2.05) is 0 Å². The van der Waals surface area contributed by atoms with E-state index in [9.17, 15) is 27.3 Å². The van der Waals surface area contributed by atoms with Crippen LogP contribution < -0.4 is 5.32 Å². The molecule has 1 aromatic heterocycles.